The lowest BCUT2D eigenvalue weighted by Gasteiger charge is -2.15. The molecule has 1 heterocycles. The molecule has 1 aromatic rings. The number of nitrogens with one attached hydrogen (secondary N) is 2. The van der Waals surface area contributed by atoms with E-state index >= 15 is 0 Å². The number of halogens is 3. The first-order valence-electron chi connectivity index (χ1n) is 6.20. The average Bonchev–Trinajstić information content (AvgIpc) is 2.89. The highest BCUT2D eigenvalue weighted by atomic mass is 32.2. The Morgan fingerprint density at radius 2 is 2.00 bits per heavy atom. The predicted molar refractivity (Wildman–Crippen MR) is 67.7 cm³/mol. The van der Waals surface area contributed by atoms with Crippen LogP contribution in [0.15, 0.2) is 29.2 Å². The van der Waals surface area contributed by atoms with Crippen LogP contribution in [0.1, 0.15) is 18.4 Å². The van der Waals surface area contributed by atoms with Gasteiger partial charge < -0.3 is 5.32 Å². The maximum absolute atomic E-state index is 12.8. The van der Waals surface area contributed by atoms with Crippen molar-refractivity contribution < 1.29 is 21.6 Å². The van der Waals surface area contributed by atoms with Gasteiger partial charge in [-0.1, -0.05) is 12.1 Å². The van der Waals surface area contributed by atoms with Crippen molar-refractivity contribution in [3.05, 3.63) is 29.8 Å². The van der Waals surface area contributed by atoms with Crippen molar-refractivity contribution in [3.63, 3.8) is 0 Å². The van der Waals surface area contributed by atoms with Crippen molar-refractivity contribution in [2.45, 2.75) is 30.0 Å². The molecule has 4 nitrogen and oxygen atoms in total. The van der Waals surface area contributed by atoms with E-state index in [-0.39, 0.29) is 12.6 Å². The van der Waals surface area contributed by atoms with E-state index in [9.17, 15) is 21.6 Å². The maximum atomic E-state index is 12.8. The van der Waals surface area contributed by atoms with Crippen molar-refractivity contribution in [1.82, 2.24) is 10.0 Å². The second-order valence-electron chi connectivity index (χ2n) is 4.64. The van der Waals surface area contributed by atoms with Crippen LogP contribution in [-0.4, -0.2) is 27.5 Å². The van der Waals surface area contributed by atoms with E-state index in [2.05, 4.69) is 10.0 Å². The van der Waals surface area contributed by atoms with Crippen molar-refractivity contribution in [2.75, 3.05) is 13.1 Å². The van der Waals surface area contributed by atoms with E-state index < -0.39 is 26.7 Å². The molecule has 1 aliphatic rings. The Labute approximate surface area is 115 Å². The summed E-state index contributed by atoms with van der Waals surface area (Å²) in [6.45, 7) is 0.889. The van der Waals surface area contributed by atoms with Gasteiger partial charge in [0, 0.05) is 12.6 Å². The smallest absolute Gasteiger partial charge is 0.313 e. The average molecular weight is 308 g/mol. The van der Waals surface area contributed by atoms with E-state index in [1.54, 1.807) is 0 Å². The minimum Gasteiger partial charge on any atom is -0.313 e. The van der Waals surface area contributed by atoms with Gasteiger partial charge in [-0.15, -0.1) is 0 Å². The summed E-state index contributed by atoms with van der Waals surface area (Å²) in [7, 11) is -4.17. The van der Waals surface area contributed by atoms with Crippen LogP contribution in [0.2, 0.25) is 0 Å². The molecule has 0 saturated carbocycles. The summed E-state index contributed by atoms with van der Waals surface area (Å²) >= 11 is 0. The molecule has 1 unspecified atom stereocenters. The summed E-state index contributed by atoms with van der Waals surface area (Å²) < 4.78 is 64.7. The first kappa shape index (κ1) is 15.3. The second kappa shape index (κ2) is 5.71. The molecule has 8 heteroatoms. The molecule has 0 aromatic heterocycles. The Kier molecular flexibility index (Phi) is 4.36. The fourth-order valence-electron chi connectivity index (χ4n) is 2.15. The number of hydrogen-bond acceptors (Lipinski definition) is 3. The van der Waals surface area contributed by atoms with Crippen molar-refractivity contribution in [1.29, 1.82) is 0 Å². The number of hydrogen-bond donors (Lipinski definition) is 2. The zero-order valence-corrected chi connectivity index (χ0v) is 11.4. The molecule has 0 radical (unpaired) electrons. The Morgan fingerprint density at radius 1 is 1.30 bits per heavy atom. The van der Waals surface area contributed by atoms with Crippen LogP contribution in [0, 0.1) is 0 Å². The van der Waals surface area contributed by atoms with Crippen molar-refractivity contribution in [2.24, 2.45) is 0 Å². The van der Waals surface area contributed by atoms with Gasteiger partial charge in [-0.3, -0.25) is 0 Å². The molecule has 0 bridgehead atoms. The second-order valence-corrected chi connectivity index (χ2v) is 6.37. The number of sulfonamides is 1. The molecule has 1 fully saturated rings. The quantitative estimate of drug-likeness (QED) is 0.891. The van der Waals surface area contributed by atoms with Crippen LogP contribution in [-0.2, 0) is 16.2 Å². The third-order valence-electron chi connectivity index (χ3n) is 3.16. The van der Waals surface area contributed by atoms with Crippen LogP contribution in [0.25, 0.3) is 0 Å². The van der Waals surface area contributed by atoms with Crippen molar-refractivity contribution >= 4 is 10.0 Å². The van der Waals surface area contributed by atoms with Crippen LogP contribution >= 0.6 is 0 Å². The largest absolute Gasteiger partial charge is 0.417 e. The Morgan fingerprint density at radius 3 is 2.60 bits per heavy atom. The minimum absolute atomic E-state index is 0.0252. The summed E-state index contributed by atoms with van der Waals surface area (Å²) in [5.74, 6) is 0. The van der Waals surface area contributed by atoms with Gasteiger partial charge in [0.15, 0.2) is 0 Å². The Bertz CT molecular complexity index is 566. The van der Waals surface area contributed by atoms with E-state index in [1.807, 2.05) is 0 Å². The lowest BCUT2D eigenvalue weighted by atomic mass is 10.2. The highest BCUT2D eigenvalue weighted by Gasteiger charge is 2.36. The van der Waals surface area contributed by atoms with E-state index in [1.165, 1.54) is 12.1 Å². The summed E-state index contributed by atoms with van der Waals surface area (Å²) in [6.07, 6.45) is -2.95. The number of rotatable bonds is 4. The zero-order chi connectivity index (χ0) is 14.8. The minimum atomic E-state index is -4.70. The van der Waals surface area contributed by atoms with E-state index in [4.69, 9.17) is 0 Å². The summed E-state index contributed by atoms with van der Waals surface area (Å²) in [5, 5.41) is 3.08. The van der Waals surface area contributed by atoms with Gasteiger partial charge in [0.25, 0.3) is 0 Å². The van der Waals surface area contributed by atoms with Gasteiger partial charge in [0.05, 0.1) is 10.5 Å². The number of benzene rings is 1. The zero-order valence-electron chi connectivity index (χ0n) is 10.6. The fraction of sp³-hybridized carbons (Fsp3) is 0.500. The normalized spacial score (nSPS) is 20.2. The van der Waals surface area contributed by atoms with Crippen LogP contribution in [0.5, 0.6) is 0 Å². The fourth-order valence-corrected chi connectivity index (χ4v) is 3.46. The van der Waals surface area contributed by atoms with E-state index in [0.29, 0.717) is 0 Å². The molecule has 0 aliphatic carbocycles. The highest BCUT2D eigenvalue weighted by Crippen LogP contribution is 2.33. The summed E-state index contributed by atoms with van der Waals surface area (Å²) in [5.41, 5.74) is -1.15. The third kappa shape index (κ3) is 3.50. The van der Waals surface area contributed by atoms with Gasteiger partial charge >= 0.3 is 6.18 Å². The molecular weight excluding hydrogens is 293 g/mol. The molecule has 2 N–H and O–H groups in total. The van der Waals surface area contributed by atoms with Crippen LogP contribution in [0.4, 0.5) is 13.2 Å². The van der Waals surface area contributed by atoms with Crippen molar-refractivity contribution in [3.8, 4) is 0 Å². The molecule has 0 amide bonds. The van der Waals surface area contributed by atoms with Gasteiger partial charge in [-0.25, -0.2) is 13.1 Å². The molecule has 112 valence electrons. The summed E-state index contributed by atoms with van der Waals surface area (Å²) in [6, 6.07) is 4.15. The first-order chi connectivity index (χ1) is 9.31. The van der Waals surface area contributed by atoms with E-state index in [0.717, 1.165) is 31.5 Å². The molecule has 2 rings (SSSR count). The van der Waals surface area contributed by atoms with Gasteiger partial charge in [-0.05, 0) is 31.5 Å². The van der Waals surface area contributed by atoms with Crippen LogP contribution < -0.4 is 10.0 Å². The molecule has 20 heavy (non-hydrogen) atoms. The first-order valence-corrected chi connectivity index (χ1v) is 7.68. The maximum Gasteiger partial charge on any atom is 0.417 e. The molecule has 1 saturated heterocycles. The lowest BCUT2D eigenvalue weighted by molar-refractivity contribution is -0.139. The predicted octanol–water partition coefficient (Wildman–Crippen LogP) is 1.74. The Balaban J connectivity index is 2.20. The monoisotopic (exact) mass is 308 g/mol. The van der Waals surface area contributed by atoms with Gasteiger partial charge in [-0.2, -0.15) is 13.2 Å². The molecule has 0 spiro atoms. The Hall–Kier alpha value is -1.12. The van der Waals surface area contributed by atoms with Gasteiger partial charge in [0.2, 0.25) is 10.0 Å². The van der Waals surface area contributed by atoms with Crippen LogP contribution in [0.3, 0.4) is 0 Å². The number of alkyl halides is 3. The third-order valence-corrected chi connectivity index (χ3v) is 4.65. The topological polar surface area (TPSA) is 58.2 Å². The highest BCUT2D eigenvalue weighted by molar-refractivity contribution is 7.89. The standard InChI is InChI=1S/C12H15F3N2O2S/c13-12(14,15)10-5-1-2-6-11(10)20(18,19)17-8-9-4-3-7-16-9/h1-2,5-6,9,16-17H,3-4,7-8H2. The summed E-state index contributed by atoms with van der Waals surface area (Å²) in [4.78, 5) is -0.731. The molecule has 1 aliphatic heterocycles. The molecular formula is C12H15F3N2O2S. The SMILES string of the molecule is O=S(=O)(NCC1CCCN1)c1ccccc1C(F)(F)F. The molecule has 1 atom stereocenters. The molecule has 1 aromatic carbocycles. The van der Waals surface area contributed by atoms with Gasteiger partial charge in [0.1, 0.15) is 0 Å². The lowest BCUT2D eigenvalue weighted by Crippen LogP contribution is -2.37.